The lowest BCUT2D eigenvalue weighted by atomic mass is 9.90. The van der Waals surface area contributed by atoms with Crippen molar-refractivity contribution in [2.75, 3.05) is 0 Å². The highest BCUT2D eigenvalue weighted by atomic mass is 14.1. The highest BCUT2D eigenvalue weighted by molar-refractivity contribution is 4.94. The van der Waals surface area contributed by atoms with Crippen molar-refractivity contribution >= 4 is 0 Å². The van der Waals surface area contributed by atoms with Gasteiger partial charge in [-0.1, -0.05) is 46.8 Å². The van der Waals surface area contributed by atoms with Crippen LogP contribution in [-0.2, 0) is 0 Å². The zero-order valence-corrected chi connectivity index (χ0v) is 10.1. The summed E-state index contributed by atoms with van der Waals surface area (Å²) in [6.07, 6.45) is 3.73. The van der Waals surface area contributed by atoms with Crippen LogP contribution in [0, 0.1) is 17.8 Å². The maximum Gasteiger partial charge on any atom is -0.0300 e. The first-order valence-electron chi connectivity index (χ1n) is 5.60. The van der Waals surface area contributed by atoms with E-state index in [9.17, 15) is 0 Å². The van der Waals surface area contributed by atoms with Crippen molar-refractivity contribution < 1.29 is 0 Å². The molecule has 0 aromatic heterocycles. The molecule has 0 heteroatoms. The van der Waals surface area contributed by atoms with Crippen LogP contribution in [-0.4, -0.2) is 0 Å². The predicted octanol–water partition coefficient (Wildman–Crippen LogP) is 4.66. The molecular formula is C13H26. The lowest BCUT2D eigenvalue weighted by molar-refractivity contribution is 0.389. The highest BCUT2D eigenvalue weighted by Gasteiger charge is 2.07. The smallest absolute Gasteiger partial charge is 0.0300 e. The van der Waals surface area contributed by atoms with Crippen molar-refractivity contribution in [1.82, 2.24) is 0 Å². The summed E-state index contributed by atoms with van der Waals surface area (Å²) in [5.74, 6) is 2.41. The summed E-state index contributed by atoms with van der Waals surface area (Å²) >= 11 is 0. The van der Waals surface area contributed by atoms with Crippen LogP contribution in [0.1, 0.15) is 53.9 Å². The molecule has 0 aromatic carbocycles. The van der Waals surface area contributed by atoms with Crippen LogP contribution in [0.2, 0.25) is 0 Å². The Kier molecular flexibility index (Phi) is 6.11. The summed E-state index contributed by atoms with van der Waals surface area (Å²) < 4.78 is 0. The van der Waals surface area contributed by atoms with E-state index < -0.39 is 0 Å². The first kappa shape index (κ1) is 12.7. The molecule has 1 unspecified atom stereocenters. The average molecular weight is 182 g/mol. The van der Waals surface area contributed by atoms with Gasteiger partial charge >= 0.3 is 0 Å². The third-order valence-electron chi connectivity index (χ3n) is 2.79. The zero-order chi connectivity index (χ0) is 10.4. The lowest BCUT2D eigenvalue weighted by Gasteiger charge is -2.16. The molecule has 0 radical (unpaired) electrons. The first-order valence-corrected chi connectivity index (χ1v) is 5.60. The van der Waals surface area contributed by atoms with Crippen molar-refractivity contribution in [2.45, 2.75) is 53.9 Å². The molecule has 0 heterocycles. The molecule has 0 aliphatic carbocycles. The highest BCUT2D eigenvalue weighted by Crippen LogP contribution is 2.21. The quantitative estimate of drug-likeness (QED) is 0.524. The van der Waals surface area contributed by atoms with Crippen LogP contribution in [0.15, 0.2) is 12.2 Å². The van der Waals surface area contributed by atoms with E-state index in [1.807, 2.05) is 0 Å². The third-order valence-corrected chi connectivity index (χ3v) is 2.79. The maximum absolute atomic E-state index is 4.13. The van der Waals surface area contributed by atoms with E-state index in [1.165, 1.54) is 24.8 Å². The predicted molar refractivity (Wildman–Crippen MR) is 61.8 cm³/mol. The lowest BCUT2D eigenvalue weighted by Crippen LogP contribution is -2.04. The summed E-state index contributed by atoms with van der Waals surface area (Å²) in [6.45, 7) is 15.6. The van der Waals surface area contributed by atoms with E-state index in [0.717, 1.165) is 17.8 Å². The molecule has 0 spiro atoms. The topological polar surface area (TPSA) is 0 Å². The molecule has 78 valence electrons. The van der Waals surface area contributed by atoms with Crippen molar-refractivity contribution in [3.63, 3.8) is 0 Å². The Hall–Kier alpha value is -0.260. The van der Waals surface area contributed by atoms with Gasteiger partial charge in [0.15, 0.2) is 0 Å². The molecule has 0 bridgehead atoms. The molecule has 0 saturated heterocycles. The summed E-state index contributed by atoms with van der Waals surface area (Å²) in [5.41, 5.74) is 1.43. The van der Waals surface area contributed by atoms with E-state index in [2.05, 4.69) is 41.2 Å². The molecule has 0 fully saturated rings. The second kappa shape index (κ2) is 6.23. The normalized spacial score (nSPS) is 13.8. The largest absolute Gasteiger partial charge is 0.0999 e. The molecular weight excluding hydrogens is 156 g/mol. The van der Waals surface area contributed by atoms with Gasteiger partial charge in [-0.05, 0) is 37.0 Å². The van der Waals surface area contributed by atoms with Crippen LogP contribution in [0.5, 0.6) is 0 Å². The first-order chi connectivity index (χ1) is 5.93. The number of hydrogen-bond donors (Lipinski definition) is 0. The SMILES string of the molecule is C=C(CCC(C)C(C)C)CC(C)C. The minimum Gasteiger partial charge on any atom is -0.0999 e. The Labute approximate surface area is 84.4 Å². The van der Waals surface area contributed by atoms with Crippen molar-refractivity contribution in [1.29, 1.82) is 0 Å². The van der Waals surface area contributed by atoms with Gasteiger partial charge in [0.2, 0.25) is 0 Å². The van der Waals surface area contributed by atoms with Gasteiger partial charge in [-0.25, -0.2) is 0 Å². The molecule has 0 aliphatic heterocycles. The molecule has 0 amide bonds. The fourth-order valence-electron chi connectivity index (χ4n) is 1.44. The van der Waals surface area contributed by atoms with Crippen LogP contribution in [0.25, 0.3) is 0 Å². The molecule has 13 heavy (non-hydrogen) atoms. The zero-order valence-electron chi connectivity index (χ0n) is 10.1. The Morgan fingerprint density at radius 3 is 2.00 bits per heavy atom. The van der Waals surface area contributed by atoms with E-state index in [1.54, 1.807) is 0 Å². The second-order valence-corrected chi connectivity index (χ2v) is 5.11. The van der Waals surface area contributed by atoms with Gasteiger partial charge in [-0.15, -0.1) is 0 Å². The molecule has 0 aliphatic rings. The molecule has 1 atom stereocenters. The van der Waals surface area contributed by atoms with E-state index in [-0.39, 0.29) is 0 Å². The molecule has 0 saturated carbocycles. The summed E-state index contributed by atoms with van der Waals surface area (Å²) in [4.78, 5) is 0. The number of allylic oxidation sites excluding steroid dienone is 1. The Balaban J connectivity index is 3.58. The van der Waals surface area contributed by atoms with Crippen LogP contribution in [0.3, 0.4) is 0 Å². The molecule has 0 nitrogen and oxygen atoms in total. The van der Waals surface area contributed by atoms with Crippen LogP contribution in [0.4, 0.5) is 0 Å². The summed E-state index contributed by atoms with van der Waals surface area (Å²) in [7, 11) is 0. The van der Waals surface area contributed by atoms with E-state index in [4.69, 9.17) is 0 Å². The van der Waals surface area contributed by atoms with Crippen LogP contribution >= 0.6 is 0 Å². The summed E-state index contributed by atoms with van der Waals surface area (Å²) in [5, 5.41) is 0. The summed E-state index contributed by atoms with van der Waals surface area (Å²) in [6, 6.07) is 0. The standard InChI is InChI=1S/C13H26/c1-10(2)9-12(5)7-8-13(6)11(3)4/h10-11,13H,5,7-9H2,1-4,6H3. The third kappa shape index (κ3) is 6.86. The number of hydrogen-bond acceptors (Lipinski definition) is 0. The second-order valence-electron chi connectivity index (χ2n) is 5.11. The Bertz CT molecular complexity index is 142. The van der Waals surface area contributed by atoms with Crippen LogP contribution < -0.4 is 0 Å². The fourth-order valence-corrected chi connectivity index (χ4v) is 1.44. The van der Waals surface area contributed by atoms with Crippen molar-refractivity contribution in [3.05, 3.63) is 12.2 Å². The Morgan fingerprint density at radius 2 is 1.62 bits per heavy atom. The minimum atomic E-state index is 0.766. The fraction of sp³-hybridized carbons (Fsp3) is 0.846. The van der Waals surface area contributed by atoms with Crippen molar-refractivity contribution in [2.24, 2.45) is 17.8 Å². The maximum atomic E-state index is 4.13. The Morgan fingerprint density at radius 1 is 1.08 bits per heavy atom. The van der Waals surface area contributed by atoms with E-state index >= 15 is 0 Å². The van der Waals surface area contributed by atoms with Gasteiger partial charge in [0.05, 0.1) is 0 Å². The van der Waals surface area contributed by atoms with Gasteiger partial charge in [0.1, 0.15) is 0 Å². The number of rotatable bonds is 6. The van der Waals surface area contributed by atoms with Crippen molar-refractivity contribution in [3.8, 4) is 0 Å². The average Bonchev–Trinajstić information content (AvgIpc) is 1.98. The van der Waals surface area contributed by atoms with Gasteiger partial charge in [0, 0.05) is 0 Å². The monoisotopic (exact) mass is 182 g/mol. The minimum absolute atomic E-state index is 0.766. The van der Waals surface area contributed by atoms with Gasteiger partial charge in [-0.3, -0.25) is 0 Å². The molecule has 0 aromatic rings. The molecule has 0 N–H and O–H groups in total. The van der Waals surface area contributed by atoms with Gasteiger partial charge in [-0.2, -0.15) is 0 Å². The molecule has 0 rings (SSSR count). The van der Waals surface area contributed by atoms with Gasteiger partial charge in [0.25, 0.3) is 0 Å². The van der Waals surface area contributed by atoms with Gasteiger partial charge < -0.3 is 0 Å². The van der Waals surface area contributed by atoms with E-state index in [0.29, 0.717) is 0 Å².